The molecule has 0 aliphatic heterocycles. The average Bonchev–Trinajstić information content (AvgIpc) is 2.06. The molecule has 4 heteroatoms. The lowest BCUT2D eigenvalue weighted by Crippen LogP contribution is -2.13. The van der Waals surface area contributed by atoms with Crippen LogP contribution in [0.25, 0.3) is 0 Å². The number of hydrogen-bond acceptors (Lipinski definition) is 3. The van der Waals surface area contributed by atoms with E-state index in [1.165, 1.54) is 0 Å². The van der Waals surface area contributed by atoms with E-state index in [0.717, 1.165) is 23.1 Å². The highest BCUT2D eigenvalue weighted by Gasteiger charge is 2.06. The third-order valence-electron chi connectivity index (χ3n) is 1.57. The fourth-order valence-electron chi connectivity index (χ4n) is 0.954. The van der Waals surface area contributed by atoms with Crippen molar-refractivity contribution in [1.29, 1.82) is 0 Å². The highest BCUT2D eigenvalue weighted by atomic mass is 79.9. The molecule has 0 fully saturated rings. The second kappa shape index (κ2) is 4.52. The number of hydrogen-bond donors (Lipinski definition) is 1. The Morgan fingerprint density at radius 2 is 2.08 bits per heavy atom. The number of aromatic nitrogens is 2. The Balaban J connectivity index is 2.68. The molecule has 0 aliphatic carbocycles. The topological polar surface area (TPSA) is 51.8 Å². The summed E-state index contributed by atoms with van der Waals surface area (Å²) in [5, 5.41) is 0. The zero-order chi connectivity index (χ0) is 8.97. The van der Waals surface area contributed by atoms with Gasteiger partial charge in [0.1, 0.15) is 5.82 Å². The average molecular weight is 230 g/mol. The van der Waals surface area contributed by atoms with Gasteiger partial charge < -0.3 is 5.73 Å². The van der Waals surface area contributed by atoms with Crippen molar-refractivity contribution in [1.82, 2.24) is 9.97 Å². The molecule has 0 saturated heterocycles. The van der Waals surface area contributed by atoms with Gasteiger partial charge in [-0.05, 0) is 22.4 Å². The normalized spacial score (nSPS) is 12.9. The molecular formula is C8H12BrN3. The lowest BCUT2D eigenvalue weighted by molar-refractivity contribution is 0.601. The van der Waals surface area contributed by atoms with E-state index in [-0.39, 0.29) is 6.04 Å². The monoisotopic (exact) mass is 229 g/mol. The van der Waals surface area contributed by atoms with Gasteiger partial charge in [0, 0.05) is 12.4 Å². The summed E-state index contributed by atoms with van der Waals surface area (Å²) in [7, 11) is 0. The molecule has 1 unspecified atom stereocenters. The van der Waals surface area contributed by atoms with Crippen LogP contribution >= 0.6 is 15.9 Å². The third-order valence-corrected chi connectivity index (χ3v) is 1.98. The van der Waals surface area contributed by atoms with E-state index in [0.29, 0.717) is 0 Å². The molecular weight excluding hydrogens is 218 g/mol. The first-order chi connectivity index (χ1) is 5.74. The van der Waals surface area contributed by atoms with E-state index in [1.54, 1.807) is 12.4 Å². The van der Waals surface area contributed by atoms with Crippen LogP contribution in [0.4, 0.5) is 0 Å². The van der Waals surface area contributed by atoms with E-state index < -0.39 is 0 Å². The van der Waals surface area contributed by atoms with Gasteiger partial charge in [-0.3, -0.25) is 0 Å². The zero-order valence-electron chi connectivity index (χ0n) is 7.00. The van der Waals surface area contributed by atoms with Gasteiger partial charge in [0.2, 0.25) is 0 Å². The van der Waals surface area contributed by atoms with Crippen molar-refractivity contribution in [3.63, 3.8) is 0 Å². The van der Waals surface area contributed by atoms with Gasteiger partial charge in [-0.15, -0.1) is 0 Å². The smallest absolute Gasteiger partial charge is 0.144 e. The van der Waals surface area contributed by atoms with E-state index in [9.17, 15) is 0 Å². The Morgan fingerprint density at radius 3 is 2.58 bits per heavy atom. The summed E-state index contributed by atoms with van der Waals surface area (Å²) in [6, 6.07) is -0.0249. The van der Waals surface area contributed by atoms with Crippen LogP contribution in [0.2, 0.25) is 0 Å². The van der Waals surface area contributed by atoms with E-state index in [2.05, 4.69) is 32.8 Å². The van der Waals surface area contributed by atoms with Crippen molar-refractivity contribution in [2.75, 3.05) is 0 Å². The highest BCUT2D eigenvalue weighted by molar-refractivity contribution is 9.10. The largest absolute Gasteiger partial charge is 0.321 e. The van der Waals surface area contributed by atoms with E-state index >= 15 is 0 Å². The van der Waals surface area contributed by atoms with Gasteiger partial charge in [0.25, 0.3) is 0 Å². The summed E-state index contributed by atoms with van der Waals surface area (Å²) < 4.78 is 0.884. The van der Waals surface area contributed by atoms with Crippen molar-refractivity contribution in [3.05, 3.63) is 22.7 Å². The van der Waals surface area contributed by atoms with Gasteiger partial charge in [0.05, 0.1) is 10.5 Å². The standard InChI is InChI=1S/C8H12BrN3/c1-2-3-7(10)8-11-4-6(9)5-12-8/h4-5,7H,2-3,10H2,1H3. The molecule has 0 radical (unpaired) electrons. The summed E-state index contributed by atoms with van der Waals surface area (Å²) in [6.07, 6.45) is 5.43. The van der Waals surface area contributed by atoms with Crippen LogP contribution in [-0.2, 0) is 0 Å². The first-order valence-electron chi connectivity index (χ1n) is 3.97. The van der Waals surface area contributed by atoms with Gasteiger partial charge in [-0.2, -0.15) is 0 Å². The number of nitrogens with two attached hydrogens (primary N) is 1. The molecule has 66 valence electrons. The molecule has 1 aromatic rings. The second-order valence-electron chi connectivity index (χ2n) is 2.65. The van der Waals surface area contributed by atoms with Crippen LogP contribution in [0.1, 0.15) is 31.6 Å². The van der Waals surface area contributed by atoms with Crippen LogP contribution in [0, 0.1) is 0 Å². The molecule has 0 aliphatic rings. The Kier molecular flexibility index (Phi) is 3.62. The van der Waals surface area contributed by atoms with E-state index in [4.69, 9.17) is 5.73 Å². The van der Waals surface area contributed by atoms with Crippen molar-refractivity contribution in [2.45, 2.75) is 25.8 Å². The van der Waals surface area contributed by atoms with Crippen molar-refractivity contribution < 1.29 is 0 Å². The van der Waals surface area contributed by atoms with Gasteiger partial charge in [-0.1, -0.05) is 13.3 Å². The molecule has 3 nitrogen and oxygen atoms in total. The fourth-order valence-corrected chi connectivity index (χ4v) is 1.16. The number of rotatable bonds is 3. The maximum atomic E-state index is 5.82. The Bertz CT molecular complexity index is 235. The highest BCUT2D eigenvalue weighted by Crippen LogP contribution is 2.12. The number of halogens is 1. The predicted octanol–water partition coefficient (Wildman–Crippen LogP) is 2.04. The van der Waals surface area contributed by atoms with Crippen molar-refractivity contribution >= 4 is 15.9 Å². The molecule has 0 saturated carbocycles. The second-order valence-corrected chi connectivity index (χ2v) is 3.57. The summed E-state index contributed by atoms with van der Waals surface area (Å²) in [5.74, 6) is 0.722. The van der Waals surface area contributed by atoms with Crippen molar-refractivity contribution in [3.8, 4) is 0 Å². The molecule has 0 aromatic carbocycles. The molecule has 1 atom stereocenters. The third kappa shape index (κ3) is 2.53. The molecule has 0 amide bonds. The molecule has 0 bridgehead atoms. The SMILES string of the molecule is CCCC(N)c1ncc(Br)cn1. The number of nitrogens with zero attached hydrogens (tertiary/aromatic N) is 2. The lowest BCUT2D eigenvalue weighted by Gasteiger charge is -2.07. The summed E-state index contributed by atoms with van der Waals surface area (Å²) in [5.41, 5.74) is 5.82. The summed E-state index contributed by atoms with van der Waals surface area (Å²) >= 11 is 3.27. The van der Waals surface area contributed by atoms with Gasteiger partial charge in [-0.25, -0.2) is 9.97 Å². The zero-order valence-corrected chi connectivity index (χ0v) is 8.58. The summed E-state index contributed by atoms with van der Waals surface area (Å²) in [4.78, 5) is 8.23. The Morgan fingerprint density at radius 1 is 1.50 bits per heavy atom. The Hall–Kier alpha value is -0.480. The minimum absolute atomic E-state index is 0.0249. The minimum atomic E-state index is -0.0249. The van der Waals surface area contributed by atoms with Gasteiger partial charge >= 0.3 is 0 Å². The molecule has 2 N–H and O–H groups in total. The summed E-state index contributed by atoms with van der Waals surface area (Å²) in [6.45, 7) is 2.10. The minimum Gasteiger partial charge on any atom is -0.321 e. The predicted molar refractivity (Wildman–Crippen MR) is 51.6 cm³/mol. The van der Waals surface area contributed by atoms with Gasteiger partial charge in [0.15, 0.2) is 0 Å². The lowest BCUT2D eigenvalue weighted by atomic mass is 10.2. The van der Waals surface area contributed by atoms with Crippen LogP contribution in [-0.4, -0.2) is 9.97 Å². The molecule has 1 heterocycles. The Labute approximate surface area is 80.5 Å². The maximum Gasteiger partial charge on any atom is 0.144 e. The molecule has 1 aromatic heterocycles. The van der Waals surface area contributed by atoms with Crippen molar-refractivity contribution in [2.24, 2.45) is 5.73 Å². The first-order valence-corrected chi connectivity index (χ1v) is 4.76. The fraction of sp³-hybridized carbons (Fsp3) is 0.500. The molecule has 12 heavy (non-hydrogen) atoms. The molecule has 1 rings (SSSR count). The first kappa shape index (κ1) is 9.61. The van der Waals surface area contributed by atoms with Crippen LogP contribution < -0.4 is 5.73 Å². The quantitative estimate of drug-likeness (QED) is 0.864. The maximum absolute atomic E-state index is 5.82. The van der Waals surface area contributed by atoms with Crippen LogP contribution in [0.15, 0.2) is 16.9 Å². The van der Waals surface area contributed by atoms with E-state index in [1.807, 2.05) is 0 Å². The molecule has 0 spiro atoms. The van der Waals surface area contributed by atoms with Crippen LogP contribution in [0.3, 0.4) is 0 Å². The van der Waals surface area contributed by atoms with Crippen LogP contribution in [0.5, 0.6) is 0 Å².